The molecule has 0 aliphatic carbocycles. The van der Waals surface area contributed by atoms with Gasteiger partial charge in [0.25, 0.3) is 5.91 Å². The number of rotatable bonds is 10. The lowest BCUT2D eigenvalue weighted by atomic mass is 10.0. The van der Waals surface area contributed by atoms with E-state index in [1.54, 1.807) is 43.6 Å². The van der Waals surface area contributed by atoms with Gasteiger partial charge in [-0.05, 0) is 55.5 Å². The zero-order chi connectivity index (χ0) is 29.7. The summed E-state index contributed by atoms with van der Waals surface area (Å²) >= 11 is 0. The number of pyridine rings is 1. The Balaban J connectivity index is 1.21. The molecule has 0 saturated carbocycles. The van der Waals surface area contributed by atoms with Crippen LogP contribution in [-0.2, 0) is 14.3 Å². The molecular weight excluding hydrogens is 541 g/mol. The molecular formula is C31H32FN5O5. The van der Waals surface area contributed by atoms with Crippen molar-refractivity contribution in [3.8, 4) is 11.5 Å². The second kappa shape index (κ2) is 12.4. The van der Waals surface area contributed by atoms with Gasteiger partial charge < -0.3 is 30.0 Å². The Bertz CT molecular complexity index is 1530. The van der Waals surface area contributed by atoms with E-state index in [-0.39, 0.29) is 19.6 Å². The second-order valence-corrected chi connectivity index (χ2v) is 10.4. The molecule has 0 bridgehead atoms. The van der Waals surface area contributed by atoms with Crippen molar-refractivity contribution in [1.29, 1.82) is 0 Å². The minimum absolute atomic E-state index is 0.224. The summed E-state index contributed by atoms with van der Waals surface area (Å²) < 4.78 is 26.4. The number of nitrogens with zero attached hydrogens (tertiary/aromatic N) is 2. The number of aromatic amines is 1. The smallest absolute Gasteiger partial charge is 0.251 e. The fraction of sp³-hybridized carbons (Fsp3) is 0.290. The van der Waals surface area contributed by atoms with Crippen LogP contribution in [0.15, 0.2) is 79.1 Å². The number of para-hydroxylation sites is 1. The molecule has 10 nitrogen and oxygen atoms in total. The first-order chi connectivity index (χ1) is 20.2. The Morgan fingerprint density at radius 2 is 1.86 bits per heavy atom. The number of halogens is 1. The zero-order valence-corrected chi connectivity index (χ0v) is 23.3. The monoisotopic (exact) mass is 573 g/mol. The minimum Gasteiger partial charge on any atom is -0.457 e. The molecule has 3 N–H and O–H groups in total. The number of methoxy groups -OCH3 is 1. The number of nitrogens with one attached hydrogen (secondary N) is 3. The first-order valence-corrected chi connectivity index (χ1v) is 13.6. The SMILES string of the molecule is COC[C@@]1(F)C[C@@H](C(=O)N[C@@H](C)c2cc3cnccc3[nH]2)N(C(=O)CNC(=O)c2ccc(Oc3ccccc3)cc2)C1. The van der Waals surface area contributed by atoms with Crippen LogP contribution < -0.4 is 15.4 Å². The number of carbonyl (C=O) groups is 3. The Labute approximate surface area is 242 Å². The number of aromatic nitrogens is 2. The third-order valence-corrected chi connectivity index (χ3v) is 7.18. The molecule has 0 spiro atoms. The van der Waals surface area contributed by atoms with Crippen molar-refractivity contribution in [3.05, 3.63) is 90.4 Å². The molecule has 3 heterocycles. The van der Waals surface area contributed by atoms with E-state index in [0.717, 1.165) is 16.6 Å². The van der Waals surface area contributed by atoms with E-state index in [1.165, 1.54) is 12.0 Å². The lowest BCUT2D eigenvalue weighted by Gasteiger charge is -2.25. The lowest BCUT2D eigenvalue weighted by molar-refractivity contribution is -0.138. The van der Waals surface area contributed by atoms with E-state index in [0.29, 0.717) is 17.1 Å². The standard InChI is InChI=1S/C31H32FN5O5/c1-20(26-14-22-16-33-13-12-25(22)36-26)35-30(40)27-15-31(32,19-41-2)18-37(27)28(38)17-34-29(39)21-8-10-24(11-9-21)42-23-6-4-3-5-7-23/h3-14,16,20,27,36H,15,17-19H2,1-2H3,(H,34,39)(H,35,40)/t20-,27-,31+/m0/s1. The number of amides is 3. The number of likely N-dealkylation sites (tertiary alicyclic amines) is 1. The summed E-state index contributed by atoms with van der Waals surface area (Å²) in [5.41, 5.74) is 0.0374. The highest BCUT2D eigenvalue weighted by Gasteiger charge is 2.49. The summed E-state index contributed by atoms with van der Waals surface area (Å²) in [4.78, 5) is 47.8. The molecule has 2 aromatic heterocycles. The molecule has 5 rings (SSSR count). The number of fused-ring (bicyclic) bond motifs is 1. The van der Waals surface area contributed by atoms with Crippen LogP contribution in [0.1, 0.15) is 35.4 Å². The van der Waals surface area contributed by atoms with Crippen LogP contribution in [0.4, 0.5) is 4.39 Å². The predicted molar refractivity (Wildman–Crippen MR) is 154 cm³/mol. The van der Waals surface area contributed by atoms with Gasteiger partial charge in [-0.3, -0.25) is 19.4 Å². The van der Waals surface area contributed by atoms with E-state index >= 15 is 4.39 Å². The molecule has 1 saturated heterocycles. The number of benzene rings is 2. The van der Waals surface area contributed by atoms with Gasteiger partial charge in [0.15, 0.2) is 5.67 Å². The first-order valence-electron chi connectivity index (χ1n) is 13.6. The van der Waals surface area contributed by atoms with Crippen LogP contribution in [0.25, 0.3) is 10.9 Å². The molecule has 1 aliphatic rings. The molecule has 0 radical (unpaired) electrons. The number of H-pyrrole nitrogens is 1. The lowest BCUT2D eigenvalue weighted by Crippen LogP contribution is -2.49. The highest BCUT2D eigenvalue weighted by molar-refractivity contribution is 5.97. The van der Waals surface area contributed by atoms with E-state index in [1.807, 2.05) is 42.5 Å². The highest BCUT2D eigenvalue weighted by Crippen LogP contribution is 2.32. The van der Waals surface area contributed by atoms with Crippen molar-refractivity contribution in [2.45, 2.75) is 31.1 Å². The Morgan fingerprint density at radius 3 is 2.57 bits per heavy atom. The molecule has 1 fully saturated rings. The minimum atomic E-state index is -1.90. The predicted octanol–water partition coefficient (Wildman–Crippen LogP) is 3.92. The van der Waals surface area contributed by atoms with Gasteiger partial charge in [0.2, 0.25) is 11.8 Å². The fourth-order valence-corrected chi connectivity index (χ4v) is 5.07. The molecule has 11 heteroatoms. The third kappa shape index (κ3) is 6.58. The summed E-state index contributed by atoms with van der Waals surface area (Å²) in [6.45, 7) is 0.796. The van der Waals surface area contributed by atoms with Gasteiger partial charge in [0, 0.05) is 48.1 Å². The number of hydrogen-bond donors (Lipinski definition) is 3. The Morgan fingerprint density at radius 1 is 1.12 bits per heavy atom. The van der Waals surface area contributed by atoms with Crippen LogP contribution in [0, 0.1) is 0 Å². The summed E-state index contributed by atoms with van der Waals surface area (Å²) in [6.07, 6.45) is 3.15. The van der Waals surface area contributed by atoms with Crippen LogP contribution in [-0.4, -0.2) is 71.1 Å². The molecule has 4 aromatic rings. The zero-order valence-electron chi connectivity index (χ0n) is 23.3. The van der Waals surface area contributed by atoms with Gasteiger partial charge in [-0.25, -0.2) is 4.39 Å². The van der Waals surface area contributed by atoms with Crippen molar-refractivity contribution < 1.29 is 28.2 Å². The molecule has 42 heavy (non-hydrogen) atoms. The molecule has 0 unspecified atom stereocenters. The van der Waals surface area contributed by atoms with Gasteiger partial charge in [-0.1, -0.05) is 18.2 Å². The van der Waals surface area contributed by atoms with Crippen LogP contribution in [0.3, 0.4) is 0 Å². The van der Waals surface area contributed by atoms with Gasteiger partial charge in [-0.15, -0.1) is 0 Å². The molecule has 2 aromatic carbocycles. The summed E-state index contributed by atoms with van der Waals surface area (Å²) in [6, 6.07) is 17.9. The Kier molecular flexibility index (Phi) is 8.48. The summed E-state index contributed by atoms with van der Waals surface area (Å²) in [5, 5.41) is 6.36. The Hall–Kier alpha value is -4.77. The van der Waals surface area contributed by atoms with Crippen molar-refractivity contribution in [3.63, 3.8) is 0 Å². The molecule has 218 valence electrons. The van der Waals surface area contributed by atoms with Crippen molar-refractivity contribution in [2.24, 2.45) is 0 Å². The average Bonchev–Trinajstić information content (AvgIpc) is 3.58. The van der Waals surface area contributed by atoms with Crippen molar-refractivity contribution in [2.75, 3.05) is 26.8 Å². The average molecular weight is 574 g/mol. The van der Waals surface area contributed by atoms with Gasteiger partial charge in [0.1, 0.15) is 17.5 Å². The van der Waals surface area contributed by atoms with E-state index in [9.17, 15) is 14.4 Å². The van der Waals surface area contributed by atoms with E-state index < -0.39 is 42.0 Å². The topological polar surface area (TPSA) is 126 Å². The van der Waals surface area contributed by atoms with E-state index in [2.05, 4.69) is 20.6 Å². The van der Waals surface area contributed by atoms with Crippen LogP contribution in [0.2, 0.25) is 0 Å². The maximum Gasteiger partial charge on any atom is 0.251 e. The maximum absolute atomic E-state index is 15.6. The molecule has 3 amide bonds. The fourth-order valence-electron chi connectivity index (χ4n) is 5.07. The largest absolute Gasteiger partial charge is 0.457 e. The van der Waals surface area contributed by atoms with Crippen molar-refractivity contribution >= 4 is 28.6 Å². The number of ether oxygens (including phenoxy) is 2. The highest BCUT2D eigenvalue weighted by atomic mass is 19.1. The van der Waals surface area contributed by atoms with Gasteiger partial charge in [0.05, 0.1) is 25.7 Å². The van der Waals surface area contributed by atoms with Crippen LogP contribution in [0.5, 0.6) is 11.5 Å². The maximum atomic E-state index is 15.6. The normalized spacial score (nSPS) is 18.9. The number of hydrogen-bond acceptors (Lipinski definition) is 6. The molecule has 3 atom stereocenters. The quantitative estimate of drug-likeness (QED) is 0.264. The summed E-state index contributed by atoms with van der Waals surface area (Å²) in [5.74, 6) is -0.346. The van der Waals surface area contributed by atoms with Crippen LogP contribution >= 0.6 is 0 Å². The van der Waals surface area contributed by atoms with Crippen molar-refractivity contribution in [1.82, 2.24) is 25.5 Å². The molecule has 1 aliphatic heterocycles. The first kappa shape index (κ1) is 28.7. The van der Waals surface area contributed by atoms with E-state index in [4.69, 9.17) is 9.47 Å². The second-order valence-electron chi connectivity index (χ2n) is 10.4. The third-order valence-electron chi connectivity index (χ3n) is 7.18. The number of carbonyl (C=O) groups excluding carboxylic acids is 3. The van der Waals surface area contributed by atoms with Gasteiger partial charge >= 0.3 is 0 Å². The summed E-state index contributed by atoms with van der Waals surface area (Å²) in [7, 11) is 1.37. The van der Waals surface area contributed by atoms with Gasteiger partial charge in [-0.2, -0.15) is 0 Å². The number of alkyl halides is 1.